The van der Waals surface area contributed by atoms with Crippen LogP contribution in [0.1, 0.15) is 24.9 Å². The number of rotatable bonds is 7. The molecule has 1 aliphatic rings. The lowest BCUT2D eigenvalue weighted by Gasteiger charge is -2.30. The van der Waals surface area contributed by atoms with E-state index in [2.05, 4.69) is 33.7 Å². The summed E-state index contributed by atoms with van der Waals surface area (Å²) in [6.07, 6.45) is -4.22. The number of hydrogen-bond donors (Lipinski definition) is 2. The second-order valence-corrected chi connectivity index (χ2v) is 11.2. The number of pyridine rings is 1. The van der Waals surface area contributed by atoms with Gasteiger partial charge in [0.15, 0.2) is 0 Å². The average Bonchev–Trinajstić information content (AvgIpc) is 3.39. The third kappa shape index (κ3) is 8.27. The number of sulfonamides is 1. The number of aromatic nitrogens is 1. The Morgan fingerprint density at radius 3 is 2.37 bits per heavy atom. The average molecular weight is 621 g/mol. The van der Waals surface area contributed by atoms with Gasteiger partial charge in [-0.05, 0) is 37.1 Å². The fraction of sp³-hybridized carbons (Fsp3) is 0.308. The lowest BCUT2D eigenvalue weighted by Crippen LogP contribution is -2.35. The molecule has 1 aromatic heterocycles. The van der Waals surface area contributed by atoms with Crippen LogP contribution in [0, 0.1) is 11.8 Å². The van der Waals surface area contributed by atoms with Gasteiger partial charge >= 0.3 is 12.1 Å². The number of nitrogens with one attached hydrogen (secondary N) is 1. The molecule has 15 heteroatoms. The molecule has 1 saturated heterocycles. The van der Waals surface area contributed by atoms with E-state index in [0.29, 0.717) is 5.69 Å². The van der Waals surface area contributed by atoms with Gasteiger partial charge in [-0.2, -0.15) is 17.6 Å². The minimum absolute atomic E-state index is 0.0835. The highest BCUT2D eigenvalue weighted by molar-refractivity contribution is 7.92. The van der Waals surface area contributed by atoms with E-state index in [0.717, 1.165) is 37.7 Å². The highest BCUT2D eigenvalue weighted by Gasteiger charge is 2.38. The smallest absolute Gasteiger partial charge is 0.475 e. The Balaban J connectivity index is 0.000000587. The zero-order chi connectivity index (χ0) is 30.5. The molecule has 1 fully saturated rings. The van der Waals surface area contributed by atoms with Gasteiger partial charge in [0.2, 0.25) is 5.95 Å². The van der Waals surface area contributed by atoms with Crippen LogP contribution in [0.15, 0.2) is 65.6 Å². The number of nitrogens with zero attached hydrogens (tertiary/aromatic N) is 3. The number of carboxylic acids is 1. The van der Waals surface area contributed by atoms with Crippen molar-refractivity contribution >= 4 is 39.1 Å². The minimum atomic E-state index is -5.08. The summed E-state index contributed by atoms with van der Waals surface area (Å²) in [6, 6.07) is 16.4. The topological polar surface area (TPSA) is 103 Å². The van der Waals surface area contributed by atoms with Crippen LogP contribution in [-0.2, 0) is 14.8 Å². The van der Waals surface area contributed by atoms with Gasteiger partial charge in [0, 0.05) is 38.3 Å². The normalized spacial score (nSPS) is 16.4. The number of likely N-dealkylation sites (tertiary alicyclic amines) is 1. The highest BCUT2D eigenvalue weighted by atomic mass is 35.5. The van der Waals surface area contributed by atoms with E-state index in [4.69, 9.17) is 21.5 Å². The van der Waals surface area contributed by atoms with Crippen molar-refractivity contribution < 1.29 is 40.3 Å². The molecule has 41 heavy (non-hydrogen) atoms. The molecular formula is C26H26ClF5N4O4S. The van der Waals surface area contributed by atoms with Gasteiger partial charge in [-0.25, -0.2) is 22.6 Å². The number of carboxylic acid groups (broad SMARTS) is 1. The Hall–Kier alpha value is -3.49. The van der Waals surface area contributed by atoms with Crippen LogP contribution in [0.5, 0.6) is 0 Å². The molecule has 0 amide bonds. The first kappa shape index (κ1) is 32.0. The van der Waals surface area contributed by atoms with Crippen molar-refractivity contribution in [3.63, 3.8) is 0 Å². The zero-order valence-corrected chi connectivity index (χ0v) is 23.3. The first-order chi connectivity index (χ1) is 19.1. The van der Waals surface area contributed by atoms with Crippen molar-refractivity contribution in [1.82, 2.24) is 9.88 Å². The Kier molecular flexibility index (Phi) is 10.2. The van der Waals surface area contributed by atoms with Gasteiger partial charge in [-0.3, -0.25) is 9.62 Å². The Labute approximate surface area is 238 Å². The van der Waals surface area contributed by atoms with Crippen molar-refractivity contribution in [2.75, 3.05) is 29.8 Å². The predicted octanol–water partition coefficient (Wildman–Crippen LogP) is 5.72. The monoisotopic (exact) mass is 620 g/mol. The second-order valence-electron chi connectivity index (χ2n) is 9.12. The van der Waals surface area contributed by atoms with E-state index < -0.39 is 38.8 Å². The maximum atomic E-state index is 15.0. The van der Waals surface area contributed by atoms with Crippen LogP contribution in [0.3, 0.4) is 0 Å². The summed E-state index contributed by atoms with van der Waals surface area (Å²) in [4.78, 5) is 16.0. The van der Waals surface area contributed by atoms with Crippen molar-refractivity contribution in [3.05, 3.63) is 83.0 Å². The van der Waals surface area contributed by atoms with Crippen molar-refractivity contribution in [3.8, 4) is 0 Å². The van der Waals surface area contributed by atoms with Crippen molar-refractivity contribution in [2.45, 2.75) is 36.5 Å². The van der Waals surface area contributed by atoms with E-state index in [1.807, 2.05) is 30.1 Å². The van der Waals surface area contributed by atoms with Crippen molar-refractivity contribution in [1.29, 1.82) is 0 Å². The quantitative estimate of drug-likeness (QED) is 0.257. The highest BCUT2D eigenvalue weighted by Crippen LogP contribution is 2.35. The third-order valence-electron chi connectivity index (χ3n) is 6.44. The molecule has 2 heterocycles. The number of benzene rings is 2. The lowest BCUT2D eigenvalue weighted by atomic mass is 10.1. The summed E-state index contributed by atoms with van der Waals surface area (Å²) in [5, 5.41) is 7.23. The molecule has 2 N–H and O–H groups in total. The fourth-order valence-corrected chi connectivity index (χ4v) is 5.68. The first-order valence-corrected chi connectivity index (χ1v) is 13.9. The number of halogens is 6. The molecule has 0 bridgehead atoms. The molecule has 4 rings (SSSR count). The van der Waals surface area contributed by atoms with Crippen LogP contribution in [0.4, 0.5) is 33.5 Å². The van der Waals surface area contributed by atoms with Crippen LogP contribution < -0.4 is 9.62 Å². The molecule has 0 radical (unpaired) electrons. The number of hydrogen-bond acceptors (Lipinski definition) is 6. The zero-order valence-electron chi connectivity index (χ0n) is 21.7. The first-order valence-electron chi connectivity index (χ1n) is 12.1. The predicted molar refractivity (Wildman–Crippen MR) is 143 cm³/mol. The fourth-order valence-electron chi connectivity index (χ4n) is 4.23. The van der Waals surface area contributed by atoms with E-state index in [1.54, 1.807) is 0 Å². The molecular weight excluding hydrogens is 595 g/mol. The van der Waals surface area contributed by atoms with E-state index >= 15 is 0 Å². The molecule has 1 aliphatic heterocycles. The maximum Gasteiger partial charge on any atom is 0.490 e. The SMILES string of the molecule is CC(c1ccccc1)N1CC[C@H](N(C)c2cc(F)c(S(=O)(=O)Nc3cccc(F)n3)cc2Cl)C1.O=C(O)C(F)(F)F. The van der Waals surface area contributed by atoms with E-state index in [9.17, 15) is 30.4 Å². The Morgan fingerprint density at radius 2 is 1.78 bits per heavy atom. The number of alkyl halides is 3. The molecule has 0 aliphatic carbocycles. The molecule has 0 saturated carbocycles. The molecule has 0 spiro atoms. The number of anilines is 2. The van der Waals surface area contributed by atoms with Gasteiger partial charge in [0.05, 0.1) is 10.7 Å². The Morgan fingerprint density at radius 1 is 1.15 bits per heavy atom. The van der Waals surface area contributed by atoms with Crippen molar-refractivity contribution in [2.24, 2.45) is 0 Å². The minimum Gasteiger partial charge on any atom is -0.475 e. The van der Waals surface area contributed by atoms with Gasteiger partial charge in [0.25, 0.3) is 10.0 Å². The number of carbonyl (C=O) groups is 1. The molecule has 8 nitrogen and oxygen atoms in total. The molecule has 222 valence electrons. The summed E-state index contributed by atoms with van der Waals surface area (Å²) in [5.41, 5.74) is 1.63. The van der Waals surface area contributed by atoms with Crippen LogP contribution >= 0.6 is 11.6 Å². The lowest BCUT2D eigenvalue weighted by molar-refractivity contribution is -0.192. The Bertz CT molecular complexity index is 1480. The summed E-state index contributed by atoms with van der Waals surface area (Å²) in [5.74, 6) is -4.83. The van der Waals surface area contributed by atoms with Gasteiger partial charge < -0.3 is 10.0 Å². The molecule has 2 aromatic carbocycles. The number of aliphatic carboxylic acids is 1. The molecule has 2 atom stereocenters. The van der Waals surface area contributed by atoms with Crippen LogP contribution in [0.25, 0.3) is 0 Å². The molecule has 1 unspecified atom stereocenters. The maximum absolute atomic E-state index is 15.0. The largest absolute Gasteiger partial charge is 0.490 e. The second kappa shape index (κ2) is 13.0. The van der Waals surface area contributed by atoms with Gasteiger partial charge in [-0.1, -0.05) is 48.0 Å². The van der Waals surface area contributed by atoms with Crippen LogP contribution in [-0.4, -0.2) is 61.7 Å². The van der Waals surface area contributed by atoms with Gasteiger partial charge in [0.1, 0.15) is 16.5 Å². The molecule has 3 aromatic rings. The summed E-state index contributed by atoms with van der Waals surface area (Å²) < 4.78 is 87.5. The number of likely N-dealkylation sites (N-methyl/N-ethyl adjacent to an activating group) is 1. The third-order valence-corrected chi connectivity index (χ3v) is 8.11. The van der Waals surface area contributed by atoms with Crippen LogP contribution in [0.2, 0.25) is 5.02 Å². The van der Waals surface area contributed by atoms with Gasteiger partial charge in [-0.15, -0.1) is 0 Å². The summed E-state index contributed by atoms with van der Waals surface area (Å²) in [6.45, 7) is 3.80. The van der Waals surface area contributed by atoms with E-state index in [-0.39, 0.29) is 22.9 Å². The van der Waals surface area contributed by atoms with E-state index in [1.165, 1.54) is 17.7 Å². The summed E-state index contributed by atoms with van der Waals surface area (Å²) >= 11 is 6.41. The summed E-state index contributed by atoms with van der Waals surface area (Å²) in [7, 11) is -2.54. The standard InChI is InChI=1S/C24H25ClF2N4O2S.C2HF3O2/c1-16(17-7-4-3-5-8-17)31-12-11-18(15-31)30(2)21-14-20(26)22(13-19(21)25)34(32,33)29-24-10-6-9-23(27)28-24;3-2(4,5)1(6)7/h3-10,13-14,16,18H,11-12,15H2,1-2H3,(H,28,29);(H,6,7)/t16?,18-;/m0./s1.